The molecule has 1 aromatic carbocycles. The number of carboxylic acids is 1. The van der Waals surface area contributed by atoms with Gasteiger partial charge in [-0.05, 0) is 25.0 Å². The molecule has 2 N–H and O–H groups in total. The van der Waals surface area contributed by atoms with E-state index in [0.717, 1.165) is 17.7 Å². The maximum atomic E-state index is 12.3. The molecule has 1 aromatic rings. The van der Waals surface area contributed by atoms with Gasteiger partial charge in [0.1, 0.15) is 5.25 Å². The number of anilines is 1. The van der Waals surface area contributed by atoms with Gasteiger partial charge in [0, 0.05) is 10.3 Å². The van der Waals surface area contributed by atoms with Gasteiger partial charge in [-0.25, -0.2) is 0 Å². The third kappa shape index (κ3) is 5.05. The van der Waals surface area contributed by atoms with Crippen molar-refractivity contribution in [1.29, 1.82) is 0 Å². The van der Waals surface area contributed by atoms with Crippen LogP contribution >= 0.6 is 11.8 Å². The van der Waals surface area contributed by atoms with E-state index >= 15 is 0 Å². The largest absolute Gasteiger partial charge is 0.480 e. The van der Waals surface area contributed by atoms with E-state index in [1.807, 2.05) is 52.0 Å². The molecule has 0 saturated heterocycles. The van der Waals surface area contributed by atoms with Crippen LogP contribution in [0.3, 0.4) is 0 Å². The highest BCUT2D eigenvalue weighted by atomic mass is 32.2. The third-order valence-electron chi connectivity index (χ3n) is 3.73. The predicted molar refractivity (Wildman–Crippen MR) is 91.3 cm³/mol. The summed E-state index contributed by atoms with van der Waals surface area (Å²) in [5, 5.41) is 11.7. The second kappa shape index (κ2) is 8.22. The topological polar surface area (TPSA) is 66.4 Å². The fraction of sp³-hybridized carbons (Fsp3) is 0.529. The van der Waals surface area contributed by atoms with E-state index in [0.29, 0.717) is 12.1 Å². The molecule has 22 heavy (non-hydrogen) atoms. The van der Waals surface area contributed by atoms with E-state index in [2.05, 4.69) is 5.32 Å². The number of nitrogens with one attached hydrogen (secondary N) is 1. The highest BCUT2D eigenvalue weighted by Crippen LogP contribution is 2.33. The molecule has 0 aliphatic heterocycles. The summed E-state index contributed by atoms with van der Waals surface area (Å²) >= 11 is 1.29. The van der Waals surface area contributed by atoms with Gasteiger partial charge in [0.15, 0.2) is 0 Å². The zero-order chi connectivity index (χ0) is 16.8. The van der Waals surface area contributed by atoms with Crippen LogP contribution < -0.4 is 5.32 Å². The van der Waals surface area contributed by atoms with Crippen molar-refractivity contribution in [3.8, 4) is 0 Å². The van der Waals surface area contributed by atoms with Gasteiger partial charge >= 0.3 is 5.97 Å². The molecule has 0 saturated carbocycles. The molecule has 4 nitrogen and oxygen atoms in total. The van der Waals surface area contributed by atoms with Crippen LogP contribution in [-0.4, -0.2) is 22.2 Å². The van der Waals surface area contributed by atoms with Crippen LogP contribution in [0.4, 0.5) is 5.69 Å². The Hall–Kier alpha value is -1.49. The van der Waals surface area contributed by atoms with E-state index < -0.39 is 16.6 Å². The van der Waals surface area contributed by atoms with Crippen LogP contribution in [0.25, 0.3) is 0 Å². The molecule has 122 valence electrons. The molecule has 0 spiro atoms. The van der Waals surface area contributed by atoms with E-state index in [4.69, 9.17) is 0 Å². The summed E-state index contributed by atoms with van der Waals surface area (Å²) in [4.78, 5) is 24.4. The number of carbonyl (C=O) groups is 2. The zero-order valence-corrected chi connectivity index (χ0v) is 14.5. The number of carboxylic acid groups (broad SMARTS) is 1. The summed E-state index contributed by atoms with van der Waals surface area (Å²) < 4.78 is 0. The highest BCUT2D eigenvalue weighted by molar-refractivity contribution is 8.00. The lowest BCUT2D eigenvalue weighted by molar-refractivity contribution is -0.136. The van der Waals surface area contributed by atoms with Gasteiger partial charge in [-0.15, -0.1) is 11.8 Å². The monoisotopic (exact) mass is 323 g/mol. The van der Waals surface area contributed by atoms with Crippen molar-refractivity contribution >= 4 is 29.3 Å². The van der Waals surface area contributed by atoms with Gasteiger partial charge < -0.3 is 10.4 Å². The van der Waals surface area contributed by atoms with Crippen molar-refractivity contribution in [2.75, 3.05) is 5.32 Å². The van der Waals surface area contributed by atoms with Crippen LogP contribution in [0.15, 0.2) is 29.2 Å². The smallest absolute Gasteiger partial charge is 0.316 e. The van der Waals surface area contributed by atoms with Gasteiger partial charge in [0.2, 0.25) is 5.91 Å². The molecule has 0 aliphatic rings. The molecular weight excluding hydrogens is 298 g/mol. The van der Waals surface area contributed by atoms with Crippen LogP contribution in [0.5, 0.6) is 0 Å². The molecule has 5 heteroatoms. The number of benzene rings is 1. The van der Waals surface area contributed by atoms with E-state index in [9.17, 15) is 14.7 Å². The molecule has 1 rings (SSSR count). The molecule has 0 unspecified atom stereocenters. The van der Waals surface area contributed by atoms with Crippen molar-refractivity contribution in [2.45, 2.75) is 57.1 Å². The second-order valence-corrected chi connectivity index (χ2v) is 7.17. The molecule has 1 atom stereocenters. The van der Waals surface area contributed by atoms with Crippen LogP contribution in [0, 0.1) is 5.41 Å². The molecule has 1 amide bonds. The Morgan fingerprint density at radius 1 is 1.27 bits per heavy atom. The van der Waals surface area contributed by atoms with Crippen LogP contribution in [-0.2, 0) is 9.59 Å². The summed E-state index contributed by atoms with van der Waals surface area (Å²) in [5.41, 5.74) is 0.231. The van der Waals surface area contributed by atoms with E-state index in [1.165, 1.54) is 11.8 Å². The second-order valence-electron chi connectivity index (χ2n) is 5.92. The average Bonchev–Trinajstić information content (AvgIpc) is 2.48. The van der Waals surface area contributed by atoms with Gasteiger partial charge in [0.05, 0.1) is 5.69 Å². The van der Waals surface area contributed by atoms with Crippen molar-refractivity contribution in [3.05, 3.63) is 24.3 Å². The van der Waals surface area contributed by atoms with E-state index in [-0.39, 0.29) is 5.91 Å². The van der Waals surface area contributed by atoms with Gasteiger partial charge in [0.25, 0.3) is 0 Å². The summed E-state index contributed by atoms with van der Waals surface area (Å²) in [6.45, 7) is 7.74. The predicted octanol–water partition coefficient (Wildman–Crippen LogP) is 4.41. The Morgan fingerprint density at radius 2 is 1.91 bits per heavy atom. The zero-order valence-electron chi connectivity index (χ0n) is 13.7. The molecular formula is C17H25NO3S. The van der Waals surface area contributed by atoms with E-state index in [1.54, 1.807) is 0 Å². The first kappa shape index (κ1) is 18.6. The number of thioether (sulfide) groups is 1. The fourth-order valence-electron chi connectivity index (χ4n) is 1.77. The maximum Gasteiger partial charge on any atom is 0.316 e. The first-order valence-corrected chi connectivity index (χ1v) is 8.49. The number of hydrogen-bond donors (Lipinski definition) is 2. The molecule has 0 bridgehead atoms. The van der Waals surface area contributed by atoms with Crippen LogP contribution in [0.1, 0.15) is 47.0 Å². The Morgan fingerprint density at radius 3 is 2.45 bits per heavy atom. The lowest BCUT2D eigenvalue weighted by atomic mass is 9.89. The van der Waals surface area contributed by atoms with Gasteiger partial charge in [-0.1, -0.05) is 46.2 Å². The van der Waals surface area contributed by atoms with Crippen molar-refractivity contribution in [1.82, 2.24) is 0 Å². The molecule has 0 radical (unpaired) electrons. The molecule has 0 aliphatic carbocycles. The minimum absolute atomic E-state index is 0.0505. The lowest BCUT2D eigenvalue weighted by Crippen LogP contribution is -2.30. The summed E-state index contributed by atoms with van der Waals surface area (Å²) in [6, 6.07) is 7.36. The lowest BCUT2D eigenvalue weighted by Gasteiger charge is -2.23. The molecule has 0 heterocycles. The minimum Gasteiger partial charge on any atom is -0.480 e. The maximum absolute atomic E-state index is 12.3. The van der Waals surface area contributed by atoms with Gasteiger partial charge in [-0.3, -0.25) is 9.59 Å². The van der Waals surface area contributed by atoms with Crippen molar-refractivity contribution in [3.63, 3.8) is 0 Å². The summed E-state index contributed by atoms with van der Waals surface area (Å²) in [6.07, 6.45) is 2.14. The highest BCUT2D eigenvalue weighted by Gasteiger charge is 2.26. The first-order valence-electron chi connectivity index (χ1n) is 7.61. The molecule has 0 fully saturated rings. The number of amides is 1. The SMILES string of the molecule is CCC[C@H](Sc1ccccc1NC(=O)C(C)(C)CC)C(=O)O. The van der Waals surface area contributed by atoms with Crippen molar-refractivity contribution in [2.24, 2.45) is 5.41 Å². The quantitative estimate of drug-likeness (QED) is 0.696. The van der Waals surface area contributed by atoms with Crippen LogP contribution in [0.2, 0.25) is 0 Å². The number of carbonyl (C=O) groups excluding carboxylic acids is 1. The summed E-state index contributed by atoms with van der Waals surface area (Å²) in [5.74, 6) is -0.868. The normalized spacial score (nSPS) is 12.7. The number of aliphatic carboxylic acids is 1. The Kier molecular flexibility index (Phi) is 6.94. The fourth-order valence-corrected chi connectivity index (χ4v) is 2.94. The number of hydrogen-bond acceptors (Lipinski definition) is 3. The third-order valence-corrected chi connectivity index (χ3v) is 5.06. The Labute approximate surface area is 136 Å². The molecule has 0 aromatic heterocycles. The number of para-hydroxylation sites is 1. The van der Waals surface area contributed by atoms with Gasteiger partial charge in [-0.2, -0.15) is 0 Å². The number of rotatable bonds is 8. The minimum atomic E-state index is -0.818. The Bertz CT molecular complexity index is 528. The van der Waals surface area contributed by atoms with Crippen molar-refractivity contribution < 1.29 is 14.7 Å². The first-order chi connectivity index (χ1) is 10.3. The summed E-state index contributed by atoms with van der Waals surface area (Å²) in [7, 11) is 0. The Balaban J connectivity index is 2.94. The standard InChI is InChI=1S/C17H25NO3S/c1-5-9-14(15(19)20)22-13-11-8-7-10-12(13)18-16(21)17(3,4)6-2/h7-8,10-11,14H,5-6,9H2,1-4H3,(H,18,21)(H,19,20)/t14-/m0/s1. The average molecular weight is 323 g/mol.